The molecule has 1 N–H and O–H groups in total. The fraction of sp³-hybridized carbons (Fsp3) is 0. The summed E-state index contributed by atoms with van der Waals surface area (Å²) in [7, 11) is 0. The minimum Gasteiger partial charge on any atom is -0.452 e. The van der Waals surface area contributed by atoms with Crippen molar-refractivity contribution in [2.75, 3.05) is 0 Å². The predicted octanol–water partition coefficient (Wildman–Crippen LogP) is 4.01. The van der Waals surface area contributed by atoms with Gasteiger partial charge in [-0.3, -0.25) is 4.79 Å². The van der Waals surface area contributed by atoms with E-state index >= 15 is 0 Å². The van der Waals surface area contributed by atoms with Crippen molar-refractivity contribution in [3.05, 3.63) is 83.8 Å². The van der Waals surface area contributed by atoms with E-state index in [4.69, 9.17) is 8.83 Å². The number of aliphatic imine (C=N–C) groups is 1. The Labute approximate surface area is 153 Å². The quantitative estimate of drug-likeness (QED) is 0.563. The van der Waals surface area contributed by atoms with Gasteiger partial charge in [-0.2, -0.15) is 0 Å². The normalized spacial score (nSPS) is 15.3. The third kappa shape index (κ3) is 2.83. The molecular weight excluding hydrogens is 342 g/mol. The summed E-state index contributed by atoms with van der Waals surface area (Å²) < 4.78 is 11.5. The Balaban J connectivity index is 1.46. The summed E-state index contributed by atoms with van der Waals surface area (Å²) in [6, 6.07) is 20.5. The third-order valence-electron chi connectivity index (χ3n) is 4.15. The number of nitrogens with one attached hydrogen (secondary N) is 1. The van der Waals surface area contributed by atoms with Crippen LogP contribution >= 0.6 is 0 Å². The number of nitrogens with zero attached hydrogens (tertiary/aromatic N) is 2. The average molecular weight is 355 g/mol. The van der Waals surface area contributed by atoms with Gasteiger partial charge in [0, 0.05) is 11.6 Å². The van der Waals surface area contributed by atoms with E-state index in [1.165, 1.54) is 0 Å². The van der Waals surface area contributed by atoms with Gasteiger partial charge in [-0.1, -0.05) is 42.5 Å². The average Bonchev–Trinajstić information content (AvgIpc) is 3.41. The predicted molar refractivity (Wildman–Crippen MR) is 101 cm³/mol. The van der Waals surface area contributed by atoms with E-state index in [1.54, 1.807) is 18.2 Å². The fourth-order valence-corrected chi connectivity index (χ4v) is 2.86. The molecule has 2 aromatic carbocycles. The Morgan fingerprint density at radius 1 is 0.889 bits per heavy atom. The first-order valence-corrected chi connectivity index (χ1v) is 8.39. The minimum atomic E-state index is -0.270. The second-order valence-corrected chi connectivity index (χ2v) is 6.00. The van der Waals surface area contributed by atoms with Crippen molar-refractivity contribution in [3.63, 3.8) is 0 Å². The molecule has 0 aliphatic carbocycles. The molecule has 2 aromatic heterocycles. The van der Waals surface area contributed by atoms with Crippen LogP contribution in [0.5, 0.6) is 0 Å². The molecule has 0 radical (unpaired) electrons. The van der Waals surface area contributed by atoms with Crippen LogP contribution in [0.25, 0.3) is 28.8 Å². The second kappa shape index (κ2) is 6.10. The lowest BCUT2D eigenvalue weighted by Crippen LogP contribution is -2.24. The van der Waals surface area contributed by atoms with Gasteiger partial charge in [0.2, 0.25) is 0 Å². The van der Waals surface area contributed by atoms with E-state index in [1.807, 2.05) is 54.6 Å². The first kappa shape index (κ1) is 15.3. The molecule has 4 aromatic rings. The number of carbonyl (C=O) groups excluding carboxylic acids is 1. The number of hydrogen-bond donors (Lipinski definition) is 1. The van der Waals surface area contributed by atoms with E-state index in [0.29, 0.717) is 28.8 Å². The Hall–Kier alpha value is -3.93. The Bertz CT molecular complexity index is 1180. The van der Waals surface area contributed by atoms with Crippen LogP contribution in [0.4, 0.5) is 0 Å². The number of aromatic nitrogens is 1. The van der Waals surface area contributed by atoms with Gasteiger partial charge in [-0.25, -0.2) is 9.98 Å². The molecule has 0 unspecified atom stereocenters. The van der Waals surface area contributed by atoms with Gasteiger partial charge in [-0.05, 0) is 24.3 Å². The molecular formula is C21H13N3O3. The first-order valence-electron chi connectivity index (χ1n) is 8.39. The molecule has 27 heavy (non-hydrogen) atoms. The maximum absolute atomic E-state index is 12.2. The summed E-state index contributed by atoms with van der Waals surface area (Å²) in [6.07, 6.45) is 1.59. The number of carbonyl (C=O) groups is 1. The number of fused-ring (bicyclic) bond motifs is 1. The summed E-state index contributed by atoms with van der Waals surface area (Å²) in [5.74, 6) is 1.63. The van der Waals surface area contributed by atoms with Gasteiger partial charge in [0.15, 0.2) is 11.3 Å². The molecule has 130 valence electrons. The number of para-hydroxylation sites is 2. The lowest BCUT2D eigenvalue weighted by molar-refractivity contribution is -0.115. The van der Waals surface area contributed by atoms with Crippen LogP contribution in [-0.4, -0.2) is 16.7 Å². The van der Waals surface area contributed by atoms with Crippen LogP contribution in [0, 0.1) is 0 Å². The lowest BCUT2D eigenvalue weighted by Gasteiger charge is -1.98. The van der Waals surface area contributed by atoms with E-state index in [9.17, 15) is 4.79 Å². The largest absolute Gasteiger partial charge is 0.452 e. The van der Waals surface area contributed by atoms with Gasteiger partial charge >= 0.3 is 0 Å². The van der Waals surface area contributed by atoms with E-state index < -0.39 is 0 Å². The van der Waals surface area contributed by atoms with Crippen LogP contribution in [0.2, 0.25) is 0 Å². The number of amidine groups is 1. The van der Waals surface area contributed by atoms with Crippen LogP contribution in [-0.2, 0) is 4.79 Å². The molecule has 5 rings (SSSR count). The molecule has 3 heterocycles. The van der Waals surface area contributed by atoms with Crippen LogP contribution < -0.4 is 5.32 Å². The molecule has 0 fully saturated rings. The second-order valence-electron chi connectivity index (χ2n) is 6.00. The zero-order valence-electron chi connectivity index (χ0n) is 14.0. The van der Waals surface area contributed by atoms with E-state index in [-0.39, 0.29) is 11.6 Å². The van der Waals surface area contributed by atoms with Gasteiger partial charge in [0.25, 0.3) is 11.8 Å². The van der Waals surface area contributed by atoms with E-state index in [0.717, 1.165) is 11.1 Å². The summed E-state index contributed by atoms with van der Waals surface area (Å²) in [5.41, 5.74) is 2.58. The standard InChI is InChI=1S/C21H13N3O3/c25-20-16(22-19(24-20)13-6-2-1-3-7-13)12-14-10-11-18(26-14)21-23-15-8-4-5-9-17(15)27-21/h1-12H,(H,22,24,25). The fourth-order valence-electron chi connectivity index (χ4n) is 2.86. The van der Waals surface area contributed by atoms with E-state index in [2.05, 4.69) is 15.3 Å². The van der Waals surface area contributed by atoms with Crippen molar-refractivity contribution in [2.45, 2.75) is 0 Å². The molecule has 6 heteroatoms. The van der Waals surface area contributed by atoms with Crippen molar-refractivity contribution in [2.24, 2.45) is 4.99 Å². The van der Waals surface area contributed by atoms with Crippen molar-refractivity contribution in [1.82, 2.24) is 10.3 Å². The Morgan fingerprint density at radius 3 is 2.56 bits per heavy atom. The zero-order valence-corrected chi connectivity index (χ0v) is 14.0. The van der Waals surface area contributed by atoms with Crippen molar-refractivity contribution < 1.29 is 13.6 Å². The monoisotopic (exact) mass is 355 g/mol. The number of amides is 1. The smallest absolute Gasteiger partial charge is 0.275 e. The number of hydrogen-bond acceptors (Lipinski definition) is 5. The highest BCUT2D eigenvalue weighted by Gasteiger charge is 2.21. The zero-order chi connectivity index (χ0) is 18.2. The van der Waals surface area contributed by atoms with Gasteiger partial charge in [0.1, 0.15) is 22.8 Å². The van der Waals surface area contributed by atoms with Crippen molar-refractivity contribution in [1.29, 1.82) is 0 Å². The van der Waals surface area contributed by atoms with Gasteiger partial charge < -0.3 is 14.2 Å². The molecule has 0 atom stereocenters. The topological polar surface area (TPSA) is 80.6 Å². The first-order chi connectivity index (χ1) is 13.3. The number of benzene rings is 2. The third-order valence-corrected chi connectivity index (χ3v) is 4.15. The summed E-state index contributed by atoms with van der Waals surface area (Å²) >= 11 is 0. The highest BCUT2D eigenvalue weighted by Crippen LogP contribution is 2.27. The molecule has 1 aliphatic heterocycles. The SMILES string of the molecule is O=C1NC(c2ccccc2)=NC1=Cc1ccc(-c2nc3ccccc3o2)o1. The minimum absolute atomic E-state index is 0.270. The lowest BCUT2D eigenvalue weighted by atomic mass is 10.2. The number of oxazole rings is 1. The Kier molecular flexibility index (Phi) is 3.47. The van der Waals surface area contributed by atoms with Crippen LogP contribution in [0.1, 0.15) is 11.3 Å². The molecule has 0 saturated carbocycles. The molecule has 6 nitrogen and oxygen atoms in total. The Morgan fingerprint density at radius 2 is 1.70 bits per heavy atom. The molecule has 0 bridgehead atoms. The van der Waals surface area contributed by atoms with Gasteiger partial charge in [-0.15, -0.1) is 0 Å². The van der Waals surface area contributed by atoms with Crippen molar-refractivity contribution in [3.8, 4) is 11.7 Å². The number of furan rings is 1. The van der Waals surface area contributed by atoms with Crippen molar-refractivity contribution >= 4 is 28.9 Å². The van der Waals surface area contributed by atoms with Crippen LogP contribution in [0.15, 0.2) is 86.3 Å². The maximum atomic E-state index is 12.2. The highest BCUT2D eigenvalue weighted by atomic mass is 16.4. The maximum Gasteiger partial charge on any atom is 0.275 e. The summed E-state index contributed by atoms with van der Waals surface area (Å²) in [4.78, 5) is 21.0. The molecule has 1 amide bonds. The van der Waals surface area contributed by atoms with Crippen LogP contribution in [0.3, 0.4) is 0 Å². The summed E-state index contributed by atoms with van der Waals surface area (Å²) in [6.45, 7) is 0. The molecule has 1 aliphatic rings. The molecule has 0 spiro atoms. The number of rotatable bonds is 3. The van der Waals surface area contributed by atoms with Gasteiger partial charge in [0.05, 0.1) is 0 Å². The summed E-state index contributed by atoms with van der Waals surface area (Å²) in [5, 5.41) is 2.77. The highest BCUT2D eigenvalue weighted by molar-refractivity contribution is 6.19. The molecule has 0 saturated heterocycles.